The molecule has 35 heavy (non-hydrogen) atoms. The van der Waals surface area contributed by atoms with Crippen LogP contribution in [0.4, 0.5) is 0 Å². The Kier molecular flexibility index (Phi) is 11.4. The summed E-state index contributed by atoms with van der Waals surface area (Å²) in [5.41, 5.74) is 0.210. The Morgan fingerprint density at radius 2 is 1.60 bits per heavy atom. The average molecular weight is 490 g/mol. The fraction of sp³-hybridized carbons (Fsp3) is 0.679. The van der Waals surface area contributed by atoms with Gasteiger partial charge < -0.3 is 20.3 Å². The van der Waals surface area contributed by atoms with Crippen LogP contribution in [0.15, 0.2) is 30.3 Å². The van der Waals surface area contributed by atoms with Gasteiger partial charge in [-0.15, -0.1) is 0 Å². The number of likely N-dealkylation sites (N-methyl/N-ethyl adjacent to an activating group) is 1. The van der Waals surface area contributed by atoms with Gasteiger partial charge in [0.25, 0.3) is 0 Å². The molecule has 1 rings (SSSR count). The molecule has 0 aliphatic carbocycles. The highest BCUT2D eigenvalue weighted by molar-refractivity contribution is 5.90. The van der Waals surface area contributed by atoms with Crippen molar-refractivity contribution < 1.29 is 19.1 Å². The molecule has 0 fully saturated rings. The van der Waals surface area contributed by atoms with Crippen molar-refractivity contribution in [3.05, 3.63) is 35.9 Å². The van der Waals surface area contributed by atoms with E-state index in [1.807, 2.05) is 71.9 Å². The molecule has 0 aliphatic heterocycles. The molecular formula is C28H47N3O4. The summed E-state index contributed by atoms with van der Waals surface area (Å²) in [6, 6.07) is 9.18. The van der Waals surface area contributed by atoms with Gasteiger partial charge in [-0.05, 0) is 23.3 Å². The Hall–Kier alpha value is -2.41. The highest BCUT2D eigenvalue weighted by Gasteiger charge is 2.41. The van der Waals surface area contributed by atoms with Crippen molar-refractivity contribution in [3.8, 4) is 0 Å². The summed E-state index contributed by atoms with van der Waals surface area (Å²) in [5, 5.41) is 6.20. The SMILES string of the molecule is CC[C@H](C(=O)N[C@H](C(=O)N(C)[C@H](CNCC(=O)OC)C(C)C)C(C)(C)C)C(C)(C)c1ccccc1. The first-order valence-electron chi connectivity index (χ1n) is 12.6. The van der Waals surface area contributed by atoms with Crippen molar-refractivity contribution in [1.29, 1.82) is 0 Å². The van der Waals surface area contributed by atoms with Gasteiger partial charge in [0.2, 0.25) is 11.8 Å². The molecule has 2 N–H and O–H groups in total. The number of esters is 1. The number of amides is 2. The Labute approximate surface area is 212 Å². The van der Waals surface area contributed by atoms with Crippen molar-refractivity contribution in [1.82, 2.24) is 15.5 Å². The van der Waals surface area contributed by atoms with E-state index in [1.54, 1.807) is 11.9 Å². The molecule has 0 bridgehead atoms. The van der Waals surface area contributed by atoms with Crippen LogP contribution < -0.4 is 10.6 Å². The fourth-order valence-corrected chi connectivity index (χ4v) is 4.57. The highest BCUT2D eigenvalue weighted by atomic mass is 16.5. The summed E-state index contributed by atoms with van der Waals surface area (Å²) in [7, 11) is 3.11. The van der Waals surface area contributed by atoms with E-state index in [0.717, 1.165) is 5.56 Å². The maximum atomic E-state index is 13.7. The minimum atomic E-state index is -0.692. The molecule has 2 amide bonds. The Morgan fingerprint density at radius 3 is 2.06 bits per heavy atom. The fourth-order valence-electron chi connectivity index (χ4n) is 4.57. The summed E-state index contributed by atoms with van der Waals surface area (Å²) < 4.78 is 4.69. The summed E-state index contributed by atoms with van der Waals surface area (Å²) in [6.45, 7) is 16.7. The zero-order valence-electron chi connectivity index (χ0n) is 23.4. The maximum absolute atomic E-state index is 13.7. The molecule has 0 spiro atoms. The van der Waals surface area contributed by atoms with E-state index in [0.29, 0.717) is 13.0 Å². The Balaban J connectivity index is 3.13. The monoisotopic (exact) mass is 489 g/mol. The molecule has 0 heterocycles. The molecule has 0 radical (unpaired) electrons. The summed E-state index contributed by atoms with van der Waals surface area (Å²) >= 11 is 0. The third kappa shape index (κ3) is 8.34. The molecular weight excluding hydrogens is 442 g/mol. The van der Waals surface area contributed by atoms with Crippen LogP contribution in [-0.2, 0) is 24.5 Å². The van der Waals surface area contributed by atoms with Gasteiger partial charge in [-0.3, -0.25) is 14.4 Å². The first-order valence-corrected chi connectivity index (χ1v) is 12.6. The smallest absolute Gasteiger partial charge is 0.319 e. The van der Waals surface area contributed by atoms with Gasteiger partial charge in [0.15, 0.2) is 0 Å². The van der Waals surface area contributed by atoms with Gasteiger partial charge in [-0.1, -0.05) is 85.7 Å². The van der Waals surface area contributed by atoms with E-state index in [2.05, 4.69) is 29.2 Å². The topological polar surface area (TPSA) is 87.7 Å². The molecule has 0 aromatic heterocycles. The van der Waals surface area contributed by atoms with Crippen LogP contribution >= 0.6 is 0 Å². The molecule has 0 saturated carbocycles. The second-order valence-corrected chi connectivity index (χ2v) is 11.3. The molecule has 1 aromatic carbocycles. The van der Waals surface area contributed by atoms with Gasteiger partial charge in [-0.25, -0.2) is 0 Å². The number of methoxy groups -OCH3 is 1. The Morgan fingerprint density at radius 1 is 1.03 bits per heavy atom. The summed E-state index contributed by atoms with van der Waals surface area (Å²) in [5.74, 6) is -0.765. The molecule has 7 nitrogen and oxygen atoms in total. The number of nitrogens with zero attached hydrogens (tertiary/aromatic N) is 1. The maximum Gasteiger partial charge on any atom is 0.319 e. The van der Waals surface area contributed by atoms with Gasteiger partial charge >= 0.3 is 5.97 Å². The van der Waals surface area contributed by atoms with Crippen molar-refractivity contribution >= 4 is 17.8 Å². The van der Waals surface area contributed by atoms with Crippen LogP contribution in [-0.4, -0.2) is 62.0 Å². The normalized spacial score (nSPS) is 14.7. The molecule has 0 aliphatic rings. The van der Waals surface area contributed by atoms with Crippen LogP contribution in [0.5, 0.6) is 0 Å². The van der Waals surface area contributed by atoms with E-state index >= 15 is 0 Å². The second kappa shape index (κ2) is 13.1. The van der Waals surface area contributed by atoms with Crippen molar-refractivity contribution in [2.75, 3.05) is 27.2 Å². The van der Waals surface area contributed by atoms with E-state index in [1.165, 1.54) is 7.11 Å². The lowest BCUT2D eigenvalue weighted by Gasteiger charge is -2.40. The summed E-state index contributed by atoms with van der Waals surface area (Å²) in [4.78, 5) is 40.6. The van der Waals surface area contributed by atoms with Crippen molar-refractivity contribution in [2.45, 2.75) is 79.3 Å². The van der Waals surface area contributed by atoms with Crippen molar-refractivity contribution in [3.63, 3.8) is 0 Å². The average Bonchev–Trinajstić information content (AvgIpc) is 2.79. The van der Waals surface area contributed by atoms with Gasteiger partial charge in [0.1, 0.15) is 6.04 Å². The van der Waals surface area contributed by atoms with Crippen LogP contribution in [0, 0.1) is 17.3 Å². The number of carbonyl (C=O) groups is 3. The second-order valence-electron chi connectivity index (χ2n) is 11.3. The number of nitrogens with one attached hydrogen (secondary N) is 2. The lowest BCUT2D eigenvalue weighted by atomic mass is 9.71. The predicted octanol–water partition coefficient (Wildman–Crippen LogP) is 3.77. The van der Waals surface area contributed by atoms with Crippen molar-refractivity contribution in [2.24, 2.45) is 17.3 Å². The third-order valence-electron chi connectivity index (χ3n) is 6.98. The van der Waals surface area contributed by atoms with Crippen LogP contribution in [0.3, 0.4) is 0 Å². The molecule has 0 saturated heterocycles. The first-order chi connectivity index (χ1) is 16.2. The van der Waals surface area contributed by atoms with Gasteiger partial charge in [0, 0.05) is 31.0 Å². The largest absolute Gasteiger partial charge is 0.468 e. The molecule has 1 aromatic rings. The highest BCUT2D eigenvalue weighted by Crippen LogP contribution is 2.34. The quantitative estimate of drug-likeness (QED) is 0.437. The van der Waals surface area contributed by atoms with E-state index in [9.17, 15) is 14.4 Å². The van der Waals surface area contributed by atoms with E-state index in [-0.39, 0.29) is 42.2 Å². The van der Waals surface area contributed by atoms with Gasteiger partial charge in [-0.2, -0.15) is 0 Å². The van der Waals surface area contributed by atoms with Crippen LogP contribution in [0.25, 0.3) is 0 Å². The lowest BCUT2D eigenvalue weighted by Crippen LogP contribution is -2.59. The number of carbonyl (C=O) groups excluding carboxylic acids is 3. The number of rotatable bonds is 12. The number of benzene rings is 1. The van der Waals surface area contributed by atoms with E-state index in [4.69, 9.17) is 0 Å². The summed E-state index contributed by atoms with van der Waals surface area (Å²) in [6.07, 6.45) is 0.653. The minimum absolute atomic E-state index is 0.0773. The van der Waals surface area contributed by atoms with E-state index < -0.39 is 16.9 Å². The lowest BCUT2D eigenvalue weighted by molar-refractivity contribution is -0.142. The number of hydrogen-bond acceptors (Lipinski definition) is 5. The minimum Gasteiger partial charge on any atom is -0.468 e. The number of ether oxygens (including phenoxy) is 1. The predicted molar refractivity (Wildman–Crippen MR) is 141 cm³/mol. The standard InChI is InChI=1S/C28H47N3O4/c1-11-21(28(7,8)20-15-13-12-14-16-20)25(33)30-24(27(4,5)6)26(34)31(9)22(19(2)3)17-29-18-23(32)35-10/h12-16,19,21-22,24,29H,11,17-18H2,1-10H3,(H,30,33)/t21-,22-,24-/m1/s1. The third-order valence-corrected chi connectivity index (χ3v) is 6.98. The van der Waals surface area contributed by atoms with Crippen LogP contribution in [0.1, 0.15) is 67.4 Å². The zero-order chi connectivity index (χ0) is 27.0. The molecule has 0 unspecified atom stereocenters. The molecule has 198 valence electrons. The number of hydrogen-bond donors (Lipinski definition) is 2. The Bertz CT molecular complexity index is 830. The van der Waals surface area contributed by atoms with Crippen LogP contribution in [0.2, 0.25) is 0 Å². The molecule has 3 atom stereocenters. The van der Waals surface area contributed by atoms with Gasteiger partial charge in [0.05, 0.1) is 13.7 Å². The zero-order valence-corrected chi connectivity index (χ0v) is 23.4. The molecule has 7 heteroatoms. The first kappa shape index (κ1) is 30.6.